The molecule has 0 unspecified atom stereocenters. The quantitative estimate of drug-likeness (QED) is 0.410. The Hall–Kier alpha value is -2.93. The van der Waals surface area contributed by atoms with E-state index >= 15 is 0 Å². The zero-order valence-corrected chi connectivity index (χ0v) is 16.8. The van der Waals surface area contributed by atoms with Crippen LogP contribution in [0.4, 0.5) is 21.9 Å². The molecule has 3 N–H and O–H groups in total. The number of ether oxygens (including phenoxy) is 1. The molecule has 29 heavy (non-hydrogen) atoms. The minimum Gasteiger partial charge on any atom is -0.454 e. The largest absolute Gasteiger partial charge is 0.454 e. The smallest absolute Gasteiger partial charge is 0.323 e. The fourth-order valence-corrected chi connectivity index (χ4v) is 3.21. The molecule has 4 rings (SSSR count). The van der Waals surface area contributed by atoms with Gasteiger partial charge in [0, 0.05) is 16.4 Å². The summed E-state index contributed by atoms with van der Waals surface area (Å²) in [6, 6.07) is 13.9. The number of carbonyl (C=O) groups excluding carboxylic acids is 2. The van der Waals surface area contributed by atoms with Crippen molar-refractivity contribution in [3.8, 4) is 11.5 Å². The standard InChI is InChI=1S/C20H12Cl3N3O3/c21-10-1-5-18-16(7-10)26-19(27)13-8-11(3-6-17(13)29-18)24-20(28)25-12-2-4-14(22)15(23)9-12/h1-9H,(H,26,27)(H2,24,25,28). The minimum atomic E-state index is -0.506. The van der Waals surface area contributed by atoms with E-state index in [0.717, 1.165) is 0 Å². The van der Waals surface area contributed by atoms with Crippen molar-refractivity contribution in [2.24, 2.45) is 0 Å². The molecule has 0 saturated heterocycles. The van der Waals surface area contributed by atoms with Crippen LogP contribution in [0.3, 0.4) is 0 Å². The molecule has 1 aliphatic heterocycles. The van der Waals surface area contributed by atoms with Gasteiger partial charge < -0.3 is 20.7 Å². The summed E-state index contributed by atoms with van der Waals surface area (Å²) in [5.41, 5.74) is 1.61. The van der Waals surface area contributed by atoms with Crippen LogP contribution < -0.4 is 20.7 Å². The van der Waals surface area contributed by atoms with Gasteiger partial charge in [-0.3, -0.25) is 4.79 Å². The van der Waals surface area contributed by atoms with Crippen LogP contribution in [0.1, 0.15) is 10.4 Å². The number of carbonyl (C=O) groups is 2. The number of anilines is 3. The fourth-order valence-electron chi connectivity index (χ4n) is 2.74. The Labute approximate surface area is 180 Å². The molecule has 0 atom stereocenters. The van der Waals surface area contributed by atoms with Crippen molar-refractivity contribution in [3.05, 3.63) is 75.2 Å². The van der Waals surface area contributed by atoms with Crippen molar-refractivity contribution in [3.63, 3.8) is 0 Å². The molecule has 0 aliphatic carbocycles. The topological polar surface area (TPSA) is 79.5 Å². The number of hydrogen-bond acceptors (Lipinski definition) is 3. The fraction of sp³-hybridized carbons (Fsp3) is 0. The summed E-state index contributed by atoms with van der Waals surface area (Å²) < 4.78 is 5.81. The monoisotopic (exact) mass is 447 g/mol. The lowest BCUT2D eigenvalue weighted by molar-refractivity contribution is 0.102. The summed E-state index contributed by atoms with van der Waals surface area (Å²) in [5, 5.41) is 9.23. The Bertz CT molecular complexity index is 1150. The van der Waals surface area contributed by atoms with E-state index < -0.39 is 6.03 Å². The summed E-state index contributed by atoms with van der Waals surface area (Å²) in [5.74, 6) is 0.452. The molecular weight excluding hydrogens is 437 g/mol. The van der Waals surface area contributed by atoms with Crippen molar-refractivity contribution < 1.29 is 14.3 Å². The molecule has 9 heteroatoms. The Balaban J connectivity index is 1.53. The highest BCUT2D eigenvalue weighted by molar-refractivity contribution is 6.42. The summed E-state index contributed by atoms with van der Waals surface area (Å²) in [6.07, 6.45) is 0. The molecule has 0 aromatic heterocycles. The van der Waals surface area contributed by atoms with E-state index in [1.165, 1.54) is 12.1 Å². The highest BCUT2D eigenvalue weighted by Gasteiger charge is 2.21. The lowest BCUT2D eigenvalue weighted by atomic mass is 10.1. The van der Waals surface area contributed by atoms with Gasteiger partial charge in [-0.1, -0.05) is 34.8 Å². The van der Waals surface area contributed by atoms with Gasteiger partial charge in [-0.25, -0.2) is 4.79 Å². The predicted octanol–water partition coefficient (Wildman–Crippen LogP) is 6.65. The van der Waals surface area contributed by atoms with E-state index in [2.05, 4.69) is 16.0 Å². The average Bonchev–Trinajstić information content (AvgIpc) is 2.80. The molecule has 0 saturated carbocycles. The highest BCUT2D eigenvalue weighted by Crippen LogP contribution is 2.38. The van der Waals surface area contributed by atoms with Crippen LogP contribution in [-0.2, 0) is 0 Å². The van der Waals surface area contributed by atoms with Crippen LogP contribution in [0.5, 0.6) is 11.5 Å². The van der Waals surface area contributed by atoms with E-state index in [-0.39, 0.29) is 11.5 Å². The number of halogens is 3. The van der Waals surface area contributed by atoms with Crippen LogP contribution in [0, 0.1) is 0 Å². The maximum absolute atomic E-state index is 12.6. The van der Waals surface area contributed by atoms with E-state index in [0.29, 0.717) is 43.6 Å². The summed E-state index contributed by atoms with van der Waals surface area (Å²) in [6.45, 7) is 0. The van der Waals surface area contributed by atoms with E-state index in [1.54, 1.807) is 42.5 Å². The van der Waals surface area contributed by atoms with Crippen molar-refractivity contribution in [2.75, 3.05) is 16.0 Å². The first kappa shape index (κ1) is 19.4. The first-order valence-corrected chi connectivity index (χ1v) is 9.48. The van der Waals surface area contributed by atoms with Gasteiger partial charge in [0.1, 0.15) is 5.75 Å². The van der Waals surface area contributed by atoms with Crippen molar-refractivity contribution in [1.82, 2.24) is 0 Å². The average molecular weight is 449 g/mol. The third-order valence-electron chi connectivity index (χ3n) is 4.07. The van der Waals surface area contributed by atoms with Crippen molar-refractivity contribution >= 4 is 63.8 Å². The maximum Gasteiger partial charge on any atom is 0.323 e. The van der Waals surface area contributed by atoms with Crippen LogP contribution in [-0.4, -0.2) is 11.9 Å². The van der Waals surface area contributed by atoms with Crippen LogP contribution in [0.15, 0.2) is 54.6 Å². The van der Waals surface area contributed by atoms with Crippen LogP contribution in [0.2, 0.25) is 15.1 Å². The molecule has 146 valence electrons. The molecule has 0 radical (unpaired) electrons. The first-order valence-electron chi connectivity index (χ1n) is 8.35. The van der Waals surface area contributed by atoms with Gasteiger partial charge in [-0.05, 0) is 54.6 Å². The summed E-state index contributed by atoms with van der Waals surface area (Å²) >= 11 is 17.8. The Morgan fingerprint density at radius 2 is 1.52 bits per heavy atom. The molecule has 3 aromatic carbocycles. The third kappa shape index (κ3) is 4.24. The number of fused-ring (bicyclic) bond motifs is 2. The second-order valence-electron chi connectivity index (χ2n) is 6.12. The molecular formula is C20H12Cl3N3O3. The zero-order valence-electron chi connectivity index (χ0n) is 14.6. The molecule has 6 nitrogen and oxygen atoms in total. The van der Waals surface area contributed by atoms with Crippen LogP contribution in [0.25, 0.3) is 0 Å². The second kappa shape index (κ2) is 7.83. The van der Waals surface area contributed by atoms with E-state index in [1.807, 2.05) is 0 Å². The minimum absolute atomic E-state index is 0.268. The first-order chi connectivity index (χ1) is 13.9. The highest BCUT2D eigenvalue weighted by atomic mass is 35.5. The lowest BCUT2D eigenvalue weighted by Crippen LogP contribution is -2.20. The maximum atomic E-state index is 12.6. The van der Waals surface area contributed by atoms with Gasteiger partial charge in [0.15, 0.2) is 5.75 Å². The van der Waals surface area contributed by atoms with Crippen molar-refractivity contribution in [1.29, 1.82) is 0 Å². The SMILES string of the molecule is O=C(Nc1ccc(Cl)c(Cl)c1)Nc1ccc2c(c1)C(=O)Nc1cc(Cl)ccc1O2. The molecule has 3 amide bonds. The number of amides is 3. The molecule has 0 fully saturated rings. The Morgan fingerprint density at radius 1 is 0.828 bits per heavy atom. The normalized spacial score (nSPS) is 12.0. The number of hydrogen-bond donors (Lipinski definition) is 3. The van der Waals surface area contributed by atoms with Gasteiger partial charge in [0.25, 0.3) is 5.91 Å². The van der Waals surface area contributed by atoms with Crippen LogP contribution >= 0.6 is 34.8 Å². The predicted molar refractivity (Wildman–Crippen MR) is 115 cm³/mol. The van der Waals surface area contributed by atoms with Crippen molar-refractivity contribution in [2.45, 2.75) is 0 Å². The van der Waals surface area contributed by atoms with E-state index in [4.69, 9.17) is 39.5 Å². The summed E-state index contributed by atoms with van der Waals surface area (Å²) in [7, 11) is 0. The summed E-state index contributed by atoms with van der Waals surface area (Å²) in [4.78, 5) is 24.9. The Kier molecular flexibility index (Phi) is 5.24. The van der Waals surface area contributed by atoms with Gasteiger partial charge in [0.05, 0.1) is 21.3 Å². The van der Waals surface area contributed by atoms with E-state index in [9.17, 15) is 9.59 Å². The second-order valence-corrected chi connectivity index (χ2v) is 7.37. The molecule has 0 bridgehead atoms. The lowest BCUT2D eigenvalue weighted by Gasteiger charge is -2.11. The third-order valence-corrected chi connectivity index (χ3v) is 5.04. The van der Waals surface area contributed by atoms with Gasteiger partial charge >= 0.3 is 6.03 Å². The zero-order chi connectivity index (χ0) is 20.5. The number of rotatable bonds is 2. The number of benzene rings is 3. The molecule has 3 aromatic rings. The molecule has 1 heterocycles. The number of nitrogens with one attached hydrogen (secondary N) is 3. The van der Waals surface area contributed by atoms with Gasteiger partial charge in [-0.2, -0.15) is 0 Å². The number of urea groups is 1. The Morgan fingerprint density at radius 3 is 2.28 bits per heavy atom. The van der Waals surface area contributed by atoms with Gasteiger partial charge in [-0.15, -0.1) is 0 Å². The molecule has 1 aliphatic rings. The molecule has 0 spiro atoms. The van der Waals surface area contributed by atoms with Gasteiger partial charge in [0.2, 0.25) is 0 Å².